The number of nitrogens with one attached hydrogen (secondary N) is 1. The molecule has 0 aliphatic rings. The molecule has 0 saturated carbocycles. The van der Waals surface area contributed by atoms with Crippen LogP contribution in [0.3, 0.4) is 0 Å². The number of alkyl halides is 2. The lowest BCUT2D eigenvalue weighted by atomic mass is 10.2. The van der Waals surface area contributed by atoms with Crippen molar-refractivity contribution < 1.29 is 23.7 Å². The van der Waals surface area contributed by atoms with Crippen LogP contribution in [0.5, 0.6) is 11.5 Å². The molecule has 2 aromatic heterocycles. The van der Waals surface area contributed by atoms with Crippen LogP contribution in [0.4, 0.5) is 8.78 Å². The number of thioether (sulfide) groups is 1. The Balaban J connectivity index is 0.00000169. The monoisotopic (exact) mass is 385 g/mol. The van der Waals surface area contributed by atoms with Gasteiger partial charge in [-0.05, 0) is 30.7 Å². The van der Waals surface area contributed by atoms with Gasteiger partial charge in [0.1, 0.15) is 11.5 Å². The van der Waals surface area contributed by atoms with E-state index in [1.165, 1.54) is 23.9 Å². The number of aromatic amines is 1. The third kappa shape index (κ3) is 4.83. The largest absolute Gasteiger partial charge is 0.495 e. The zero-order valence-corrected chi connectivity index (χ0v) is 14.4. The van der Waals surface area contributed by atoms with Gasteiger partial charge in [-0.25, -0.2) is 4.98 Å². The van der Waals surface area contributed by atoms with Crippen molar-refractivity contribution in [3.05, 3.63) is 41.7 Å². The van der Waals surface area contributed by atoms with Crippen LogP contribution in [-0.2, 0) is 5.75 Å². The number of H-pyrrole nitrogens is 1. The van der Waals surface area contributed by atoms with E-state index in [0.29, 0.717) is 21.9 Å². The Morgan fingerprint density at radius 3 is 2.73 bits per heavy atom. The first-order valence-corrected chi connectivity index (χ1v) is 8.11. The summed E-state index contributed by atoms with van der Waals surface area (Å²) in [6, 6.07) is 6.50. The molecule has 1 aromatic carbocycles. The van der Waals surface area contributed by atoms with Crippen molar-refractivity contribution in [2.45, 2.75) is 31.9 Å². The summed E-state index contributed by atoms with van der Waals surface area (Å²) in [6.07, 6.45) is 1.74. The number of pyridine rings is 1. The van der Waals surface area contributed by atoms with Gasteiger partial charge in [0.25, 0.3) is 0 Å². The second kappa shape index (κ2) is 9.35. The number of ether oxygens (including phenoxy) is 2. The van der Waals surface area contributed by atoms with Crippen LogP contribution in [0, 0.1) is 6.92 Å². The predicted octanol–water partition coefficient (Wildman–Crippen LogP) is 3.98. The van der Waals surface area contributed by atoms with Crippen molar-refractivity contribution in [1.29, 1.82) is 0 Å². The number of nitrogens with zero attached hydrogens (tertiary/aromatic N) is 2. The van der Waals surface area contributed by atoms with E-state index in [4.69, 9.17) is 4.74 Å². The summed E-state index contributed by atoms with van der Waals surface area (Å²) < 4.78 is 34.3. The number of aryl methyl sites for hydroxylation is 1. The van der Waals surface area contributed by atoms with Gasteiger partial charge in [0, 0.05) is 18.0 Å². The fourth-order valence-corrected chi connectivity index (χ4v) is 3.15. The zero-order valence-electron chi connectivity index (χ0n) is 13.5. The van der Waals surface area contributed by atoms with Crippen molar-refractivity contribution in [2.24, 2.45) is 0 Å². The molecular formula is C17H21F2N3O3S. The van der Waals surface area contributed by atoms with E-state index < -0.39 is 6.61 Å². The number of halogens is 2. The Labute approximate surface area is 154 Å². The molecule has 0 bridgehead atoms. The maximum atomic E-state index is 12.3. The van der Waals surface area contributed by atoms with Crippen LogP contribution in [0.15, 0.2) is 35.6 Å². The second-order valence-corrected chi connectivity index (χ2v) is 5.96. The minimum atomic E-state index is -2.85. The van der Waals surface area contributed by atoms with Gasteiger partial charge in [-0.2, -0.15) is 8.78 Å². The molecule has 3 rings (SSSR count). The summed E-state index contributed by atoms with van der Waals surface area (Å²) in [6.45, 7) is -0.889. The first-order chi connectivity index (χ1) is 11.6. The highest BCUT2D eigenvalue weighted by molar-refractivity contribution is 7.98. The fourth-order valence-electron chi connectivity index (χ4n) is 2.33. The van der Waals surface area contributed by atoms with Gasteiger partial charge < -0.3 is 19.9 Å². The summed E-state index contributed by atoms with van der Waals surface area (Å²) in [5, 5.41) is 0.671. The highest BCUT2D eigenvalue weighted by atomic mass is 32.2. The molecule has 142 valence electrons. The average molecular weight is 385 g/mol. The third-order valence-corrected chi connectivity index (χ3v) is 4.27. The molecule has 6 nitrogen and oxygen atoms in total. The maximum absolute atomic E-state index is 12.3. The predicted molar refractivity (Wildman–Crippen MR) is 98.2 cm³/mol. The SMILES string of the molecule is C.COc1c(C)ccnc1CSc1nc2ccc(OC(F)F)cc2[nH]1.O. The highest BCUT2D eigenvalue weighted by Gasteiger charge is 2.11. The normalized spacial score (nSPS) is 10.3. The zero-order chi connectivity index (χ0) is 17.1. The Bertz CT molecular complexity index is 858. The summed E-state index contributed by atoms with van der Waals surface area (Å²) in [4.78, 5) is 11.8. The summed E-state index contributed by atoms with van der Waals surface area (Å²) in [7, 11) is 1.61. The standard InChI is InChI=1S/C16H15F2N3O2S.CH4.H2O/c1-9-5-6-19-13(14(9)22-2)8-24-16-20-11-4-3-10(23-15(17)18)7-12(11)21-16;;/h3-7,15H,8H2,1-2H3,(H,20,21);1H4;1H2. The van der Waals surface area contributed by atoms with Crippen LogP contribution in [0.2, 0.25) is 0 Å². The molecule has 9 heteroatoms. The molecule has 0 radical (unpaired) electrons. The van der Waals surface area contributed by atoms with Crippen LogP contribution in [0.25, 0.3) is 11.0 Å². The smallest absolute Gasteiger partial charge is 0.387 e. The number of fused-ring (bicyclic) bond motifs is 1. The summed E-state index contributed by atoms with van der Waals surface area (Å²) >= 11 is 1.46. The van der Waals surface area contributed by atoms with E-state index in [1.807, 2.05) is 13.0 Å². The molecule has 0 fully saturated rings. The number of hydrogen-bond donors (Lipinski definition) is 1. The van der Waals surface area contributed by atoms with Crippen molar-refractivity contribution >= 4 is 22.8 Å². The van der Waals surface area contributed by atoms with Crippen molar-refractivity contribution in [3.63, 3.8) is 0 Å². The van der Waals surface area contributed by atoms with E-state index >= 15 is 0 Å². The third-order valence-electron chi connectivity index (χ3n) is 3.38. The number of benzene rings is 1. The van der Waals surface area contributed by atoms with Gasteiger partial charge in [0.15, 0.2) is 5.16 Å². The minimum absolute atomic E-state index is 0. The number of aromatic nitrogens is 3. The number of hydrogen-bond acceptors (Lipinski definition) is 5. The van der Waals surface area contributed by atoms with Crippen molar-refractivity contribution in [1.82, 2.24) is 15.0 Å². The molecular weight excluding hydrogens is 364 g/mol. The van der Waals surface area contributed by atoms with Crippen molar-refractivity contribution in [3.8, 4) is 11.5 Å². The van der Waals surface area contributed by atoms with Crippen LogP contribution >= 0.6 is 11.8 Å². The topological polar surface area (TPSA) is 91.5 Å². The highest BCUT2D eigenvalue weighted by Crippen LogP contribution is 2.29. The van der Waals surface area contributed by atoms with Gasteiger partial charge in [-0.15, -0.1) is 0 Å². The van der Waals surface area contributed by atoms with Gasteiger partial charge in [0.2, 0.25) is 0 Å². The Hall–Kier alpha value is -2.39. The molecule has 0 spiro atoms. The van der Waals surface area contributed by atoms with E-state index in [-0.39, 0.29) is 18.7 Å². The Morgan fingerprint density at radius 2 is 2.04 bits per heavy atom. The van der Waals surface area contributed by atoms with Crippen molar-refractivity contribution in [2.75, 3.05) is 7.11 Å². The molecule has 3 aromatic rings. The number of imidazole rings is 1. The van der Waals surface area contributed by atoms with Crippen LogP contribution in [0.1, 0.15) is 18.7 Å². The number of methoxy groups -OCH3 is 1. The molecule has 0 atom stereocenters. The lowest BCUT2D eigenvalue weighted by Crippen LogP contribution is -2.01. The molecule has 0 amide bonds. The molecule has 0 unspecified atom stereocenters. The van der Waals surface area contributed by atoms with E-state index in [9.17, 15) is 8.78 Å². The Kier molecular flexibility index (Phi) is 7.78. The summed E-state index contributed by atoms with van der Waals surface area (Å²) in [5.74, 6) is 1.43. The van der Waals surface area contributed by atoms with E-state index in [1.54, 1.807) is 19.4 Å². The fraction of sp³-hybridized carbons (Fsp3) is 0.294. The second-order valence-electron chi connectivity index (χ2n) is 5.00. The number of rotatable bonds is 6. The van der Waals surface area contributed by atoms with E-state index in [2.05, 4.69) is 19.7 Å². The van der Waals surface area contributed by atoms with Crippen LogP contribution < -0.4 is 9.47 Å². The molecule has 3 N–H and O–H groups in total. The first-order valence-electron chi connectivity index (χ1n) is 7.12. The minimum Gasteiger partial charge on any atom is -0.495 e. The quantitative estimate of drug-likeness (QED) is 0.648. The lowest BCUT2D eigenvalue weighted by Gasteiger charge is -2.08. The van der Waals surface area contributed by atoms with E-state index in [0.717, 1.165) is 17.0 Å². The first kappa shape index (κ1) is 21.7. The molecule has 0 aliphatic carbocycles. The average Bonchev–Trinajstić information content (AvgIpc) is 2.94. The van der Waals surface area contributed by atoms with Gasteiger partial charge in [-0.1, -0.05) is 19.2 Å². The maximum Gasteiger partial charge on any atom is 0.387 e. The Morgan fingerprint density at radius 1 is 1.27 bits per heavy atom. The van der Waals surface area contributed by atoms with Gasteiger partial charge >= 0.3 is 6.61 Å². The van der Waals surface area contributed by atoms with Crippen LogP contribution in [-0.4, -0.2) is 34.1 Å². The lowest BCUT2D eigenvalue weighted by molar-refractivity contribution is -0.0497. The summed E-state index contributed by atoms with van der Waals surface area (Å²) in [5.41, 5.74) is 3.16. The molecule has 0 aliphatic heterocycles. The molecule has 2 heterocycles. The van der Waals surface area contributed by atoms with Gasteiger partial charge in [-0.3, -0.25) is 4.98 Å². The van der Waals surface area contributed by atoms with Gasteiger partial charge in [0.05, 0.1) is 23.8 Å². The molecule has 0 saturated heterocycles. The molecule has 26 heavy (non-hydrogen) atoms.